The summed E-state index contributed by atoms with van der Waals surface area (Å²) in [6.07, 6.45) is 0. The van der Waals surface area contributed by atoms with Crippen molar-refractivity contribution in [2.45, 2.75) is 20.8 Å². The van der Waals surface area contributed by atoms with E-state index in [1.807, 2.05) is 62.1 Å². The first kappa shape index (κ1) is 24.8. The zero-order valence-corrected chi connectivity index (χ0v) is 20.6. The van der Waals surface area contributed by atoms with E-state index in [-0.39, 0.29) is 29.5 Å². The van der Waals surface area contributed by atoms with Crippen LogP contribution in [0, 0.1) is 12.8 Å². The normalized spacial score (nSPS) is 13.6. The number of para-hydroxylation sites is 1. The van der Waals surface area contributed by atoms with Crippen LogP contribution in [0.3, 0.4) is 0 Å². The molecule has 0 unspecified atom stereocenters. The van der Waals surface area contributed by atoms with Crippen LogP contribution in [0.4, 0.5) is 11.4 Å². The zero-order chi connectivity index (χ0) is 24.0. The summed E-state index contributed by atoms with van der Waals surface area (Å²) in [5.41, 5.74) is 2.52. The second kappa shape index (κ2) is 11.3. The van der Waals surface area contributed by atoms with Crippen molar-refractivity contribution in [3.05, 3.63) is 53.1 Å². The van der Waals surface area contributed by atoms with E-state index in [9.17, 15) is 9.59 Å². The number of rotatable bonds is 6. The third kappa shape index (κ3) is 6.82. The van der Waals surface area contributed by atoms with Gasteiger partial charge >= 0.3 is 0 Å². The maximum Gasteiger partial charge on any atom is 0.264 e. The fourth-order valence-electron chi connectivity index (χ4n) is 3.56. The highest BCUT2D eigenvalue weighted by Gasteiger charge is 2.24. The number of hydrogen-bond acceptors (Lipinski definition) is 5. The molecular formula is C24H29ClN4O3S. The summed E-state index contributed by atoms with van der Waals surface area (Å²) in [7, 11) is 0. The number of amides is 2. The first-order chi connectivity index (χ1) is 15.7. The molecule has 33 heavy (non-hydrogen) atoms. The van der Waals surface area contributed by atoms with E-state index in [1.165, 1.54) is 0 Å². The van der Waals surface area contributed by atoms with Crippen molar-refractivity contribution in [3.8, 4) is 5.75 Å². The van der Waals surface area contributed by atoms with Crippen LogP contribution in [-0.4, -0.2) is 54.6 Å². The average molecular weight is 489 g/mol. The third-order valence-corrected chi connectivity index (χ3v) is 5.84. The molecule has 0 aliphatic carbocycles. The Morgan fingerprint density at radius 1 is 1.12 bits per heavy atom. The van der Waals surface area contributed by atoms with Gasteiger partial charge < -0.3 is 19.9 Å². The number of benzene rings is 2. The van der Waals surface area contributed by atoms with Crippen LogP contribution < -0.4 is 20.3 Å². The molecule has 0 atom stereocenters. The van der Waals surface area contributed by atoms with E-state index >= 15 is 0 Å². The summed E-state index contributed by atoms with van der Waals surface area (Å²) < 4.78 is 5.54. The molecular weight excluding hydrogens is 460 g/mol. The fourth-order valence-corrected chi connectivity index (χ4v) is 4.09. The van der Waals surface area contributed by atoms with E-state index in [0.717, 1.165) is 24.3 Å². The van der Waals surface area contributed by atoms with Crippen molar-refractivity contribution in [3.63, 3.8) is 0 Å². The topological polar surface area (TPSA) is 73.9 Å². The third-order valence-electron chi connectivity index (χ3n) is 5.34. The molecule has 3 rings (SSSR count). The molecule has 1 aliphatic heterocycles. The molecule has 2 N–H and O–H groups in total. The average Bonchev–Trinajstić information content (AvgIpc) is 2.78. The van der Waals surface area contributed by atoms with Gasteiger partial charge in [0.05, 0.1) is 10.7 Å². The number of anilines is 2. The van der Waals surface area contributed by atoms with Gasteiger partial charge in [0.1, 0.15) is 5.75 Å². The maximum atomic E-state index is 12.2. The summed E-state index contributed by atoms with van der Waals surface area (Å²) in [5, 5.41) is 6.32. The molecule has 2 aromatic rings. The number of halogens is 1. The molecule has 1 aliphatic rings. The fraction of sp³-hybridized carbons (Fsp3) is 0.375. The van der Waals surface area contributed by atoms with Crippen LogP contribution in [0.25, 0.3) is 0 Å². The molecule has 1 saturated heterocycles. The molecule has 0 bridgehead atoms. The zero-order valence-electron chi connectivity index (χ0n) is 19.1. The van der Waals surface area contributed by atoms with Crippen molar-refractivity contribution >= 4 is 52.1 Å². The second-order valence-corrected chi connectivity index (χ2v) is 9.01. The van der Waals surface area contributed by atoms with Crippen LogP contribution in [0.1, 0.15) is 19.4 Å². The molecule has 0 saturated carbocycles. The number of aryl methyl sites for hydroxylation is 1. The number of thiocarbonyl (C=S) groups is 1. The van der Waals surface area contributed by atoms with E-state index in [1.54, 1.807) is 6.07 Å². The van der Waals surface area contributed by atoms with Crippen molar-refractivity contribution in [1.82, 2.24) is 10.2 Å². The minimum absolute atomic E-state index is 0.00356. The lowest BCUT2D eigenvalue weighted by Crippen LogP contribution is -2.50. The van der Waals surface area contributed by atoms with Crippen molar-refractivity contribution < 1.29 is 14.3 Å². The predicted octanol–water partition coefficient (Wildman–Crippen LogP) is 3.85. The molecule has 9 heteroatoms. The molecule has 0 radical (unpaired) electrons. The SMILES string of the molecule is Cc1ccccc1OCC(=O)NC(=S)Nc1ccc(N2CCN(C(=O)C(C)C)CC2)c(Cl)c1. The molecule has 0 spiro atoms. The first-order valence-electron chi connectivity index (χ1n) is 10.9. The standard InChI is InChI=1S/C24H29ClN4O3S/c1-16(2)23(31)29-12-10-28(11-13-29)20-9-8-18(14-19(20)25)26-24(33)27-22(30)15-32-21-7-5-4-6-17(21)3/h4-9,14,16H,10-13,15H2,1-3H3,(H2,26,27,30,33). The molecule has 1 heterocycles. The van der Waals surface area contributed by atoms with Gasteiger partial charge in [0.15, 0.2) is 11.7 Å². The van der Waals surface area contributed by atoms with Crippen LogP contribution in [0.2, 0.25) is 5.02 Å². The lowest BCUT2D eigenvalue weighted by molar-refractivity contribution is -0.134. The Bertz CT molecular complexity index is 1020. The van der Waals surface area contributed by atoms with Gasteiger partial charge in [-0.05, 0) is 49.0 Å². The number of hydrogen-bond donors (Lipinski definition) is 2. The summed E-state index contributed by atoms with van der Waals surface area (Å²) >= 11 is 11.8. The van der Waals surface area contributed by atoms with E-state index in [4.69, 9.17) is 28.6 Å². The van der Waals surface area contributed by atoms with Gasteiger partial charge in [-0.3, -0.25) is 14.9 Å². The molecule has 1 fully saturated rings. The van der Waals surface area contributed by atoms with Gasteiger partial charge in [0.25, 0.3) is 5.91 Å². The minimum Gasteiger partial charge on any atom is -0.483 e. The Morgan fingerprint density at radius 2 is 1.82 bits per heavy atom. The van der Waals surface area contributed by atoms with Crippen LogP contribution in [0.15, 0.2) is 42.5 Å². The molecule has 0 aromatic heterocycles. The van der Waals surface area contributed by atoms with Crippen molar-refractivity contribution in [2.24, 2.45) is 5.92 Å². The van der Waals surface area contributed by atoms with E-state index in [2.05, 4.69) is 15.5 Å². The van der Waals surface area contributed by atoms with Gasteiger partial charge in [0.2, 0.25) is 5.91 Å². The summed E-state index contributed by atoms with van der Waals surface area (Å²) in [4.78, 5) is 28.4. The quantitative estimate of drug-likeness (QED) is 0.602. The number of carbonyl (C=O) groups excluding carboxylic acids is 2. The van der Waals surface area contributed by atoms with Gasteiger partial charge in [0, 0.05) is 37.8 Å². The highest BCUT2D eigenvalue weighted by molar-refractivity contribution is 7.80. The lowest BCUT2D eigenvalue weighted by Gasteiger charge is -2.37. The van der Waals surface area contributed by atoms with E-state index in [0.29, 0.717) is 29.5 Å². The van der Waals surface area contributed by atoms with Gasteiger partial charge in [-0.2, -0.15) is 0 Å². The minimum atomic E-state index is -0.354. The first-order valence-corrected chi connectivity index (χ1v) is 11.7. The molecule has 7 nitrogen and oxygen atoms in total. The number of carbonyl (C=O) groups is 2. The summed E-state index contributed by atoms with van der Waals surface area (Å²) in [5.74, 6) is 0.486. The number of nitrogens with one attached hydrogen (secondary N) is 2. The lowest BCUT2D eigenvalue weighted by atomic mass is 10.1. The Hall–Kier alpha value is -2.84. The smallest absolute Gasteiger partial charge is 0.264 e. The highest BCUT2D eigenvalue weighted by atomic mass is 35.5. The Labute approximate surface area is 205 Å². The van der Waals surface area contributed by atoms with Crippen LogP contribution in [-0.2, 0) is 9.59 Å². The van der Waals surface area contributed by atoms with Crippen LogP contribution in [0.5, 0.6) is 5.75 Å². The van der Waals surface area contributed by atoms with Gasteiger partial charge in [-0.15, -0.1) is 0 Å². The van der Waals surface area contributed by atoms with Crippen molar-refractivity contribution in [1.29, 1.82) is 0 Å². The highest BCUT2D eigenvalue weighted by Crippen LogP contribution is 2.30. The molecule has 2 amide bonds. The van der Waals surface area contributed by atoms with E-state index < -0.39 is 0 Å². The maximum absolute atomic E-state index is 12.2. The van der Waals surface area contributed by atoms with Gasteiger partial charge in [-0.1, -0.05) is 43.6 Å². The summed E-state index contributed by atoms with van der Waals surface area (Å²) in [6.45, 7) is 8.40. The second-order valence-electron chi connectivity index (χ2n) is 8.19. The number of ether oxygens (including phenoxy) is 1. The monoisotopic (exact) mass is 488 g/mol. The predicted molar refractivity (Wildman–Crippen MR) is 136 cm³/mol. The number of piperazine rings is 1. The Balaban J connectivity index is 1.49. The molecule has 2 aromatic carbocycles. The largest absolute Gasteiger partial charge is 0.483 e. The Morgan fingerprint density at radius 3 is 2.45 bits per heavy atom. The number of nitrogens with zero attached hydrogens (tertiary/aromatic N) is 2. The Kier molecular flexibility index (Phi) is 8.52. The molecule has 176 valence electrons. The van der Waals surface area contributed by atoms with Gasteiger partial charge in [-0.25, -0.2) is 0 Å². The summed E-state index contributed by atoms with van der Waals surface area (Å²) in [6, 6.07) is 13.0. The van der Waals surface area contributed by atoms with Crippen LogP contribution >= 0.6 is 23.8 Å². The van der Waals surface area contributed by atoms with Crippen molar-refractivity contribution in [2.75, 3.05) is 43.0 Å².